The number of amides is 1. The van der Waals surface area contributed by atoms with Gasteiger partial charge >= 0.3 is 0 Å². The van der Waals surface area contributed by atoms with Crippen LogP contribution in [-0.4, -0.2) is 25.0 Å². The van der Waals surface area contributed by atoms with E-state index in [0.29, 0.717) is 4.34 Å². The summed E-state index contributed by atoms with van der Waals surface area (Å²) in [6.45, 7) is 3.92. The maximum atomic E-state index is 12.7. The van der Waals surface area contributed by atoms with Crippen molar-refractivity contribution < 1.29 is 9.53 Å². The Kier molecular flexibility index (Phi) is 5.48. The van der Waals surface area contributed by atoms with Crippen molar-refractivity contribution in [1.82, 2.24) is 4.90 Å². The molecule has 1 amide bonds. The zero-order chi connectivity index (χ0) is 16.3. The molecular weight excluding hydrogens is 318 g/mol. The number of para-hydroxylation sites is 1. The van der Waals surface area contributed by atoms with E-state index in [1.807, 2.05) is 57.3 Å². The second-order valence-corrected chi connectivity index (χ2v) is 6.98. The van der Waals surface area contributed by atoms with Crippen LogP contribution in [0.1, 0.15) is 36.2 Å². The number of hydrogen-bond acceptors (Lipinski definition) is 3. The maximum Gasteiger partial charge on any atom is 0.230 e. The Bertz CT molecular complexity index is 656. The van der Waals surface area contributed by atoms with Crippen molar-refractivity contribution in [3.05, 3.63) is 51.2 Å². The van der Waals surface area contributed by atoms with E-state index < -0.39 is 0 Å². The number of halogens is 1. The summed E-state index contributed by atoms with van der Waals surface area (Å²) in [5.41, 5.74) is 0.997. The first-order chi connectivity index (χ1) is 10.5. The van der Waals surface area contributed by atoms with Crippen molar-refractivity contribution >= 4 is 28.8 Å². The molecule has 0 radical (unpaired) electrons. The molecule has 118 valence electrons. The van der Waals surface area contributed by atoms with E-state index in [9.17, 15) is 4.79 Å². The number of thiophene rings is 1. The van der Waals surface area contributed by atoms with Gasteiger partial charge in [-0.05, 0) is 32.0 Å². The van der Waals surface area contributed by atoms with Crippen LogP contribution in [0.3, 0.4) is 0 Å². The standard InChI is InChI=1S/C17H20ClNO2S/c1-11(15-9-10-16(18)22-15)17(20)19(3)12(2)13-7-5-6-8-14(13)21-4/h5-12H,1-4H3/t11-,12-/m1/s1. The molecule has 0 saturated carbocycles. The summed E-state index contributed by atoms with van der Waals surface area (Å²) < 4.78 is 6.10. The molecule has 1 aromatic heterocycles. The van der Waals surface area contributed by atoms with Gasteiger partial charge in [0.25, 0.3) is 0 Å². The van der Waals surface area contributed by atoms with Crippen LogP contribution >= 0.6 is 22.9 Å². The minimum atomic E-state index is -0.209. The summed E-state index contributed by atoms with van der Waals surface area (Å²) in [6, 6.07) is 11.4. The molecule has 0 spiro atoms. The molecule has 3 nitrogen and oxygen atoms in total. The smallest absolute Gasteiger partial charge is 0.230 e. The van der Waals surface area contributed by atoms with Gasteiger partial charge in [0.2, 0.25) is 5.91 Å². The van der Waals surface area contributed by atoms with E-state index in [1.165, 1.54) is 11.3 Å². The van der Waals surface area contributed by atoms with Gasteiger partial charge in [0, 0.05) is 17.5 Å². The molecule has 2 rings (SSSR count). The van der Waals surface area contributed by atoms with E-state index in [4.69, 9.17) is 16.3 Å². The Morgan fingerprint density at radius 2 is 1.91 bits per heavy atom. The molecule has 1 aromatic carbocycles. The Morgan fingerprint density at radius 3 is 2.50 bits per heavy atom. The highest BCUT2D eigenvalue weighted by Gasteiger charge is 2.26. The van der Waals surface area contributed by atoms with Crippen molar-refractivity contribution in [2.75, 3.05) is 14.2 Å². The summed E-state index contributed by atoms with van der Waals surface area (Å²) in [6.07, 6.45) is 0. The third-order valence-electron chi connectivity index (χ3n) is 3.91. The minimum Gasteiger partial charge on any atom is -0.496 e. The van der Waals surface area contributed by atoms with Crippen LogP contribution in [0.2, 0.25) is 4.34 Å². The molecule has 5 heteroatoms. The highest BCUT2D eigenvalue weighted by Crippen LogP contribution is 2.33. The first kappa shape index (κ1) is 16.8. The predicted molar refractivity (Wildman–Crippen MR) is 91.9 cm³/mol. The van der Waals surface area contributed by atoms with Crippen molar-refractivity contribution in [2.24, 2.45) is 0 Å². The molecule has 2 atom stereocenters. The molecule has 0 saturated heterocycles. The molecule has 2 aromatic rings. The molecule has 0 aliphatic heterocycles. The lowest BCUT2D eigenvalue weighted by Gasteiger charge is -2.28. The zero-order valence-corrected chi connectivity index (χ0v) is 14.7. The fourth-order valence-electron chi connectivity index (χ4n) is 2.40. The maximum absolute atomic E-state index is 12.7. The second-order valence-electron chi connectivity index (χ2n) is 5.23. The number of ether oxygens (including phenoxy) is 1. The number of benzene rings is 1. The first-order valence-electron chi connectivity index (χ1n) is 7.10. The van der Waals surface area contributed by atoms with Gasteiger partial charge < -0.3 is 9.64 Å². The van der Waals surface area contributed by atoms with Gasteiger partial charge in [-0.25, -0.2) is 0 Å². The Hall–Kier alpha value is -1.52. The number of methoxy groups -OCH3 is 1. The van der Waals surface area contributed by atoms with Crippen LogP contribution in [0.15, 0.2) is 36.4 Å². The molecule has 0 aliphatic carbocycles. The normalized spacial score (nSPS) is 13.5. The molecule has 0 N–H and O–H groups in total. The van der Waals surface area contributed by atoms with Gasteiger partial charge in [0.1, 0.15) is 5.75 Å². The lowest BCUT2D eigenvalue weighted by molar-refractivity contribution is -0.133. The van der Waals surface area contributed by atoms with Crippen LogP contribution in [0.4, 0.5) is 0 Å². The Balaban J connectivity index is 2.19. The lowest BCUT2D eigenvalue weighted by Crippen LogP contribution is -2.33. The summed E-state index contributed by atoms with van der Waals surface area (Å²) in [4.78, 5) is 15.5. The van der Waals surface area contributed by atoms with E-state index in [0.717, 1.165) is 16.2 Å². The lowest BCUT2D eigenvalue weighted by atomic mass is 10.0. The Morgan fingerprint density at radius 1 is 1.23 bits per heavy atom. The fraction of sp³-hybridized carbons (Fsp3) is 0.353. The topological polar surface area (TPSA) is 29.5 Å². The first-order valence-corrected chi connectivity index (χ1v) is 8.30. The van der Waals surface area contributed by atoms with Gasteiger partial charge in [0.15, 0.2) is 0 Å². The van der Waals surface area contributed by atoms with Crippen molar-refractivity contribution in [1.29, 1.82) is 0 Å². The molecule has 0 fully saturated rings. The van der Waals surface area contributed by atoms with E-state index in [2.05, 4.69) is 0 Å². The SMILES string of the molecule is COc1ccccc1[C@@H](C)N(C)C(=O)[C@H](C)c1ccc(Cl)s1. The number of rotatable bonds is 5. The largest absolute Gasteiger partial charge is 0.496 e. The number of likely N-dealkylation sites (N-methyl/N-ethyl adjacent to an activating group) is 1. The Labute approximate surface area is 140 Å². The summed E-state index contributed by atoms with van der Waals surface area (Å²) in [7, 11) is 3.47. The van der Waals surface area contributed by atoms with Crippen molar-refractivity contribution in [2.45, 2.75) is 25.8 Å². The van der Waals surface area contributed by atoms with Gasteiger partial charge in [-0.2, -0.15) is 0 Å². The van der Waals surface area contributed by atoms with Gasteiger partial charge in [0.05, 0.1) is 23.4 Å². The summed E-state index contributed by atoms with van der Waals surface area (Å²) in [5, 5.41) is 0. The number of carbonyl (C=O) groups excluding carboxylic acids is 1. The molecular formula is C17H20ClNO2S. The van der Waals surface area contributed by atoms with Crippen LogP contribution in [0.5, 0.6) is 5.75 Å². The highest BCUT2D eigenvalue weighted by atomic mass is 35.5. The number of hydrogen-bond donors (Lipinski definition) is 0. The monoisotopic (exact) mass is 337 g/mol. The van der Waals surface area contributed by atoms with Crippen LogP contribution in [0.25, 0.3) is 0 Å². The van der Waals surface area contributed by atoms with E-state index in [1.54, 1.807) is 12.0 Å². The van der Waals surface area contributed by atoms with Crippen molar-refractivity contribution in [3.63, 3.8) is 0 Å². The van der Waals surface area contributed by atoms with Crippen LogP contribution < -0.4 is 4.74 Å². The number of nitrogens with zero attached hydrogens (tertiary/aromatic N) is 1. The number of carbonyl (C=O) groups is 1. The van der Waals surface area contributed by atoms with Gasteiger partial charge in [-0.1, -0.05) is 29.8 Å². The predicted octanol–water partition coefficient (Wildman–Crippen LogP) is 4.73. The fourth-order valence-corrected chi connectivity index (χ4v) is 3.50. The summed E-state index contributed by atoms with van der Waals surface area (Å²) in [5.74, 6) is 0.651. The van der Waals surface area contributed by atoms with Gasteiger partial charge in [-0.3, -0.25) is 4.79 Å². The third-order valence-corrected chi connectivity index (χ3v) is 5.32. The summed E-state index contributed by atoms with van der Waals surface area (Å²) >= 11 is 7.41. The average molecular weight is 338 g/mol. The molecule has 0 aliphatic rings. The molecule has 0 unspecified atom stereocenters. The minimum absolute atomic E-state index is 0.0666. The average Bonchev–Trinajstić information content (AvgIpc) is 2.98. The zero-order valence-electron chi connectivity index (χ0n) is 13.2. The van der Waals surface area contributed by atoms with E-state index in [-0.39, 0.29) is 17.9 Å². The highest BCUT2D eigenvalue weighted by molar-refractivity contribution is 7.16. The molecule has 0 bridgehead atoms. The van der Waals surface area contributed by atoms with E-state index >= 15 is 0 Å². The second kappa shape index (κ2) is 7.16. The van der Waals surface area contributed by atoms with Crippen molar-refractivity contribution in [3.8, 4) is 5.75 Å². The molecule has 22 heavy (non-hydrogen) atoms. The quantitative estimate of drug-likeness (QED) is 0.789. The molecule has 1 heterocycles. The van der Waals surface area contributed by atoms with Crippen LogP contribution in [0, 0.1) is 0 Å². The third kappa shape index (κ3) is 3.45. The van der Waals surface area contributed by atoms with Crippen LogP contribution in [-0.2, 0) is 4.79 Å². The van der Waals surface area contributed by atoms with Gasteiger partial charge in [-0.15, -0.1) is 11.3 Å².